The molecule has 0 bridgehead atoms. The van der Waals surface area contributed by atoms with Gasteiger partial charge in [-0.15, -0.1) is 0 Å². The Morgan fingerprint density at radius 2 is 2.16 bits per heavy atom. The summed E-state index contributed by atoms with van der Waals surface area (Å²) in [6, 6.07) is 6.74. The number of benzene rings is 1. The lowest BCUT2D eigenvalue weighted by Gasteiger charge is -2.09. The average Bonchev–Trinajstić information content (AvgIpc) is 2.35. The molecule has 1 N–H and O–H groups in total. The van der Waals surface area contributed by atoms with Gasteiger partial charge >= 0.3 is 0 Å². The topological polar surface area (TPSA) is 76.5 Å². The van der Waals surface area contributed by atoms with Crippen molar-refractivity contribution in [3.63, 3.8) is 0 Å². The molecule has 1 atom stereocenters. The van der Waals surface area contributed by atoms with E-state index in [4.69, 9.17) is 9.29 Å². The van der Waals surface area contributed by atoms with Crippen LogP contribution in [-0.4, -0.2) is 31.2 Å². The van der Waals surface area contributed by atoms with Crippen LogP contribution in [0.25, 0.3) is 10.9 Å². The Balaban J connectivity index is 2.50. The Kier molecular flexibility index (Phi) is 3.84. The van der Waals surface area contributed by atoms with E-state index in [1.165, 1.54) is 13.0 Å². The standard InChI is InChI=1S/C13H15NO4S/c1-9-6-11-4-3-5-12(13(11)14-7-9)19(16,17)18-8-10(2)15/h3-7,10,15H,8H2,1-2H3. The predicted octanol–water partition coefficient (Wildman–Crippen LogP) is 1.63. The fourth-order valence-electron chi connectivity index (χ4n) is 1.70. The van der Waals surface area contributed by atoms with Crippen molar-refractivity contribution in [3.05, 3.63) is 36.0 Å². The second kappa shape index (κ2) is 5.24. The summed E-state index contributed by atoms with van der Waals surface area (Å²) >= 11 is 0. The van der Waals surface area contributed by atoms with E-state index in [-0.39, 0.29) is 11.5 Å². The number of rotatable bonds is 4. The van der Waals surface area contributed by atoms with E-state index in [1.807, 2.05) is 13.0 Å². The van der Waals surface area contributed by atoms with Crippen molar-refractivity contribution >= 4 is 21.0 Å². The SMILES string of the molecule is Cc1cnc2c(S(=O)(=O)OCC(C)O)cccc2c1. The zero-order chi connectivity index (χ0) is 14.0. The maximum Gasteiger partial charge on any atom is 0.299 e. The lowest BCUT2D eigenvalue weighted by atomic mass is 10.2. The number of pyridine rings is 1. The molecule has 1 aromatic carbocycles. The molecule has 0 aliphatic rings. The Morgan fingerprint density at radius 3 is 2.84 bits per heavy atom. The summed E-state index contributed by atoms with van der Waals surface area (Å²) in [5.74, 6) is 0. The van der Waals surface area contributed by atoms with E-state index in [9.17, 15) is 8.42 Å². The molecule has 0 aliphatic carbocycles. The van der Waals surface area contributed by atoms with Crippen molar-refractivity contribution in [2.45, 2.75) is 24.8 Å². The normalized spacial score (nSPS) is 13.6. The molecule has 0 fully saturated rings. The number of aromatic nitrogens is 1. The molecule has 2 rings (SSSR count). The van der Waals surface area contributed by atoms with Crippen LogP contribution in [0.1, 0.15) is 12.5 Å². The van der Waals surface area contributed by atoms with Crippen molar-refractivity contribution in [3.8, 4) is 0 Å². The summed E-state index contributed by atoms with van der Waals surface area (Å²) in [5, 5.41) is 9.84. The Labute approximate surface area is 112 Å². The Bertz CT molecular complexity index is 695. The van der Waals surface area contributed by atoms with E-state index >= 15 is 0 Å². The van der Waals surface area contributed by atoms with Crippen molar-refractivity contribution in [1.82, 2.24) is 4.98 Å². The molecule has 102 valence electrons. The molecule has 0 radical (unpaired) electrons. The largest absolute Gasteiger partial charge is 0.391 e. The summed E-state index contributed by atoms with van der Waals surface area (Å²) in [6.45, 7) is 3.07. The predicted molar refractivity (Wildman–Crippen MR) is 71.3 cm³/mol. The zero-order valence-electron chi connectivity index (χ0n) is 10.7. The third-order valence-corrected chi connectivity index (χ3v) is 3.86. The monoisotopic (exact) mass is 281 g/mol. The first-order chi connectivity index (χ1) is 8.90. The number of aliphatic hydroxyl groups excluding tert-OH is 1. The molecular weight excluding hydrogens is 266 g/mol. The highest BCUT2D eigenvalue weighted by atomic mass is 32.2. The van der Waals surface area contributed by atoms with Crippen LogP contribution in [0.2, 0.25) is 0 Å². The van der Waals surface area contributed by atoms with Gasteiger partial charge in [0.25, 0.3) is 10.1 Å². The minimum Gasteiger partial charge on any atom is -0.391 e. The molecule has 6 heteroatoms. The number of para-hydroxylation sites is 1. The van der Waals surface area contributed by atoms with Gasteiger partial charge in [0.1, 0.15) is 4.90 Å². The minimum absolute atomic E-state index is 0.0191. The van der Waals surface area contributed by atoms with Gasteiger partial charge in [0.15, 0.2) is 0 Å². The maximum absolute atomic E-state index is 12.1. The van der Waals surface area contributed by atoms with Crippen molar-refractivity contribution in [2.24, 2.45) is 0 Å². The number of nitrogens with zero attached hydrogens (tertiary/aromatic N) is 1. The second-order valence-corrected chi connectivity index (χ2v) is 6.01. The van der Waals surface area contributed by atoms with Crippen LogP contribution in [-0.2, 0) is 14.3 Å². The fourth-order valence-corrected chi connectivity index (χ4v) is 2.85. The van der Waals surface area contributed by atoms with Crippen molar-refractivity contribution in [2.75, 3.05) is 6.61 Å². The molecule has 0 spiro atoms. The summed E-state index contributed by atoms with van der Waals surface area (Å²) in [4.78, 5) is 4.17. The molecule has 19 heavy (non-hydrogen) atoms. The first-order valence-electron chi connectivity index (χ1n) is 5.83. The average molecular weight is 281 g/mol. The number of fused-ring (bicyclic) bond motifs is 1. The van der Waals surface area contributed by atoms with Crippen LogP contribution in [0.3, 0.4) is 0 Å². The molecule has 0 saturated heterocycles. The zero-order valence-corrected chi connectivity index (χ0v) is 11.5. The van der Waals surface area contributed by atoms with Crippen LogP contribution in [0.15, 0.2) is 35.4 Å². The number of aliphatic hydroxyl groups is 1. The molecular formula is C13H15NO4S. The van der Waals surface area contributed by atoms with E-state index in [0.717, 1.165) is 10.9 Å². The van der Waals surface area contributed by atoms with Crippen LogP contribution >= 0.6 is 0 Å². The van der Waals surface area contributed by atoms with Crippen LogP contribution in [0.5, 0.6) is 0 Å². The quantitative estimate of drug-likeness (QED) is 0.862. The molecule has 2 aromatic rings. The van der Waals surface area contributed by atoms with Gasteiger partial charge in [0.05, 0.1) is 18.2 Å². The van der Waals surface area contributed by atoms with Gasteiger partial charge in [0, 0.05) is 11.6 Å². The Morgan fingerprint density at radius 1 is 1.42 bits per heavy atom. The van der Waals surface area contributed by atoms with Gasteiger partial charge in [-0.2, -0.15) is 8.42 Å². The third-order valence-electron chi connectivity index (χ3n) is 2.54. The van der Waals surface area contributed by atoms with E-state index in [0.29, 0.717) is 5.52 Å². The smallest absolute Gasteiger partial charge is 0.299 e. The molecule has 5 nitrogen and oxygen atoms in total. The van der Waals surface area contributed by atoms with Gasteiger partial charge in [0.2, 0.25) is 0 Å². The first-order valence-corrected chi connectivity index (χ1v) is 7.24. The van der Waals surface area contributed by atoms with Crippen molar-refractivity contribution in [1.29, 1.82) is 0 Å². The molecule has 1 unspecified atom stereocenters. The number of hydrogen-bond donors (Lipinski definition) is 1. The van der Waals surface area contributed by atoms with E-state index in [1.54, 1.807) is 18.3 Å². The minimum atomic E-state index is -3.92. The highest BCUT2D eigenvalue weighted by molar-refractivity contribution is 7.87. The van der Waals surface area contributed by atoms with Crippen molar-refractivity contribution < 1.29 is 17.7 Å². The molecule has 0 saturated carbocycles. The highest BCUT2D eigenvalue weighted by Crippen LogP contribution is 2.23. The van der Waals surface area contributed by atoms with Gasteiger partial charge in [-0.05, 0) is 31.5 Å². The fraction of sp³-hybridized carbons (Fsp3) is 0.308. The van der Waals surface area contributed by atoms with E-state index in [2.05, 4.69) is 4.98 Å². The van der Waals surface area contributed by atoms with Gasteiger partial charge < -0.3 is 5.11 Å². The Hall–Kier alpha value is -1.50. The van der Waals surface area contributed by atoms with Gasteiger partial charge in [-0.1, -0.05) is 12.1 Å². The summed E-state index contributed by atoms with van der Waals surface area (Å²) in [6.07, 6.45) is 0.760. The number of aryl methyl sites for hydroxylation is 1. The lowest BCUT2D eigenvalue weighted by molar-refractivity contribution is 0.126. The summed E-state index contributed by atoms with van der Waals surface area (Å²) < 4.78 is 28.9. The maximum atomic E-state index is 12.1. The number of hydrogen-bond acceptors (Lipinski definition) is 5. The summed E-state index contributed by atoms with van der Waals surface area (Å²) in [7, 11) is -3.92. The van der Waals surface area contributed by atoms with Crippen LogP contribution in [0.4, 0.5) is 0 Å². The second-order valence-electron chi connectivity index (χ2n) is 4.43. The molecule has 0 amide bonds. The first kappa shape index (κ1) is 13.9. The molecule has 0 aliphatic heterocycles. The molecule has 1 aromatic heterocycles. The third kappa shape index (κ3) is 3.09. The molecule has 1 heterocycles. The van der Waals surface area contributed by atoms with Crippen LogP contribution < -0.4 is 0 Å². The summed E-state index contributed by atoms with van der Waals surface area (Å²) in [5.41, 5.74) is 1.32. The van der Waals surface area contributed by atoms with Gasteiger partial charge in [-0.3, -0.25) is 9.17 Å². The van der Waals surface area contributed by atoms with E-state index < -0.39 is 16.2 Å². The van der Waals surface area contributed by atoms with Gasteiger partial charge in [-0.25, -0.2) is 0 Å². The van der Waals surface area contributed by atoms with Crippen LogP contribution in [0, 0.1) is 6.92 Å². The highest BCUT2D eigenvalue weighted by Gasteiger charge is 2.20. The lowest BCUT2D eigenvalue weighted by Crippen LogP contribution is -2.16.